The minimum atomic E-state index is 0.0921. The van der Waals surface area contributed by atoms with Crippen molar-refractivity contribution >= 4 is 17.5 Å². The molecule has 24 heavy (non-hydrogen) atoms. The molecular formula is C19H24N2O3. The Labute approximate surface area is 142 Å². The first kappa shape index (κ1) is 15.6. The molecule has 2 atom stereocenters. The van der Waals surface area contributed by atoms with Crippen LogP contribution in [0, 0.1) is 0 Å². The van der Waals surface area contributed by atoms with Crippen molar-refractivity contribution in [2.24, 2.45) is 0 Å². The monoisotopic (exact) mass is 328 g/mol. The third-order valence-corrected chi connectivity index (χ3v) is 5.49. The van der Waals surface area contributed by atoms with Crippen LogP contribution in [0.4, 0.5) is 5.69 Å². The zero-order valence-corrected chi connectivity index (χ0v) is 13.9. The molecule has 1 aromatic carbocycles. The highest BCUT2D eigenvalue weighted by Crippen LogP contribution is 2.30. The number of morpholine rings is 1. The molecule has 128 valence electrons. The lowest BCUT2D eigenvalue weighted by molar-refractivity contribution is -0.117. The maximum absolute atomic E-state index is 12.9. The molecule has 0 bridgehead atoms. The first-order chi connectivity index (χ1) is 11.7. The van der Waals surface area contributed by atoms with Gasteiger partial charge in [0.2, 0.25) is 5.91 Å². The van der Waals surface area contributed by atoms with Crippen molar-refractivity contribution in [2.75, 3.05) is 24.6 Å². The predicted octanol–water partition coefficient (Wildman–Crippen LogP) is 2.60. The Morgan fingerprint density at radius 1 is 1.04 bits per heavy atom. The van der Waals surface area contributed by atoms with Crippen LogP contribution >= 0.6 is 0 Å². The SMILES string of the molecule is O=C1CCCN1c1ccc(C(=O)N2CCOC3CCCCC32)cc1. The van der Waals surface area contributed by atoms with Crippen LogP contribution in [-0.4, -0.2) is 48.6 Å². The molecule has 0 aromatic heterocycles. The standard InChI is InChI=1S/C19H24N2O3/c22-18-6-3-11-20(18)15-9-7-14(8-10-15)19(23)21-12-13-24-17-5-2-1-4-16(17)21/h7-10,16-17H,1-6,11-13H2. The number of carbonyl (C=O) groups excluding carboxylic acids is 2. The van der Waals surface area contributed by atoms with E-state index in [2.05, 4.69) is 0 Å². The van der Waals surface area contributed by atoms with E-state index >= 15 is 0 Å². The summed E-state index contributed by atoms with van der Waals surface area (Å²) in [5.41, 5.74) is 1.60. The first-order valence-electron chi connectivity index (χ1n) is 9.07. The lowest BCUT2D eigenvalue weighted by Crippen LogP contribution is -2.54. The Kier molecular flexibility index (Phi) is 4.27. The number of benzene rings is 1. The van der Waals surface area contributed by atoms with E-state index in [9.17, 15) is 9.59 Å². The van der Waals surface area contributed by atoms with Gasteiger partial charge in [-0.1, -0.05) is 12.8 Å². The first-order valence-corrected chi connectivity index (χ1v) is 9.07. The lowest BCUT2D eigenvalue weighted by Gasteiger charge is -2.43. The smallest absolute Gasteiger partial charge is 0.254 e. The molecule has 2 heterocycles. The van der Waals surface area contributed by atoms with Crippen LogP contribution in [0.2, 0.25) is 0 Å². The van der Waals surface area contributed by atoms with Crippen LogP contribution in [0.15, 0.2) is 24.3 Å². The molecule has 4 rings (SSSR count). The number of carbonyl (C=O) groups is 2. The Morgan fingerprint density at radius 2 is 1.83 bits per heavy atom. The fraction of sp³-hybridized carbons (Fsp3) is 0.579. The Bertz CT molecular complexity index is 626. The summed E-state index contributed by atoms with van der Waals surface area (Å²) in [6.45, 7) is 2.08. The molecule has 3 fully saturated rings. The predicted molar refractivity (Wildman–Crippen MR) is 91.1 cm³/mol. The van der Waals surface area contributed by atoms with Gasteiger partial charge in [0, 0.05) is 30.8 Å². The summed E-state index contributed by atoms with van der Waals surface area (Å²) in [7, 11) is 0. The summed E-state index contributed by atoms with van der Waals surface area (Å²) in [6, 6.07) is 7.73. The number of hydrogen-bond donors (Lipinski definition) is 0. The third kappa shape index (κ3) is 2.81. The van der Waals surface area contributed by atoms with Gasteiger partial charge in [-0.05, 0) is 43.5 Å². The van der Waals surface area contributed by atoms with E-state index in [0.717, 1.165) is 31.5 Å². The normalized spacial score (nSPS) is 27.2. The fourth-order valence-corrected chi connectivity index (χ4v) is 4.22. The van der Waals surface area contributed by atoms with Crippen LogP contribution in [0.25, 0.3) is 0 Å². The van der Waals surface area contributed by atoms with Gasteiger partial charge in [0.25, 0.3) is 5.91 Å². The van der Waals surface area contributed by atoms with E-state index < -0.39 is 0 Å². The molecule has 2 aliphatic heterocycles. The van der Waals surface area contributed by atoms with Crippen LogP contribution < -0.4 is 4.90 Å². The maximum atomic E-state index is 12.9. The number of anilines is 1. The van der Waals surface area contributed by atoms with Crippen molar-refractivity contribution in [2.45, 2.75) is 50.7 Å². The van der Waals surface area contributed by atoms with E-state index in [4.69, 9.17) is 4.74 Å². The summed E-state index contributed by atoms with van der Waals surface area (Å²) in [5.74, 6) is 0.266. The van der Waals surface area contributed by atoms with E-state index in [0.29, 0.717) is 25.1 Å². The van der Waals surface area contributed by atoms with Gasteiger partial charge in [-0.15, -0.1) is 0 Å². The Morgan fingerprint density at radius 3 is 2.58 bits per heavy atom. The van der Waals surface area contributed by atoms with E-state index in [1.807, 2.05) is 29.2 Å². The van der Waals surface area contributed by atoms with Crippen molar-refractivity contribution in [3.8, 4) is 0 Å². The van der Waals surface area contributed by atoms with E-state index in [-0.39, 0.29) is 24.0 Å². The van der Waals surface area contributed by atoms with Crippen LogP contribution in [0.3, 0.4) is 0 Å². The number of ether oxygens (including phenoxy) is 1. The summed E-state index contributed by atoms with van der Waals surface area (Å²) >= 11 is 0. The van der Waals surface area contributed by atoms with Crippen molar-refractivity contribution in [1.29, 1.82) is 0 Å². The van der Waals surface area contributed by atoms with Crippen molar-refractivity contribution in [1.82, 2.24) is 4.90 Å². The quantitative estimate of drug-likeness (QED) is 0.838. The zero-order chi connectivity index (χ0) is 16.5. The molecule has 0 radical (unpaired) electrons. The molecule has 2 unspecified atom stereocenters. The average Bonchev–Trinajstić information content (AvgIpc) is 3.07. The molecule has 5 nitrogen and oxygen atoms in total. The second-order valence-electron chi connectivity index (χ2n) is 6.96. The van der Waals surface area contributed by atoms with E-state index in [1.165, 1.54) is 12.8 Å². The van der Waals surface area contributed by atoms with Crippen LogP contribution in [0.5, 0.6) is 0 Å². The van der Waals surface area contributed by atoms with Gasteiger partial charge < -0.3 is 14.5 Å². The van der Waals surface area contributed by atoms with Gasteiger partial charge in [0.15, 0.2) is 0 Å². The molecule has 1 aromatic rings. The maximum Gasteiger partial charge on any atom is 0.254 e. The lowest BCUT2D eigenvalue weighted by atomic mass is 9.89. The Hall–Kier alpha value is -1.88. The molecular weight excluding hydrogens is 304 g/mol. The second kappa shape index (κ2) is 6.55. The van der Waals surface area contributed by atoms with Gasteiger partial charge in [-0.2, -0.15) is 0 Å². The summed E-state index contributed by atoms with van der Waals surface area (Å²) in [4.78, 5) is 28.6. The zero-order valence-electron chi connectivity index (χ0n) is 13.9. The van der Waals surface area contributed by atoms with Gasteiger partial charge >= 0.3 is 0 Å². The topological polar surface area (TPSA) is 49.9 Å². The van der Waals surface area contributed by atoms with Gasteiger partial charge in [-0.3, -0.25) is 9.59 Å². The third-order valence-electron chi connectivity index (χ3n) is 5.49. The Balaban J connectivity index is 1.50. The van der Waals surface area contributed by atoms with E-state index in [1.54, 1.807) is 4.90 Å². The molecule has 2 amide bonds. The average molecular weight is 328 g/mol. The molecule has 2 saturated heterocycles. The van der Waals surface area contributed by atoms with Crippen molar-refractivity contribution in [3.05, 3.63) is 29.8 Å². The highest BCUT2D eigenvalue weighted by atomic mass is 16.5. The molecule has 5 heteroatoms. The fourth-order valence-electron chi connectivity index (χ4n) is 4.22. The minimum Gasteiger partial charge on any atom is -0.374 e. The summed E-state index contributed by atoms with van der Waals surface area (Å²) < 4.78 is 5.86. The summed E-state index contributed by atoms with van der Waals surface area (Å²) in [5, 5.41) is 0. The van der Waals surface area contributed by atoms with Gasteiger partial charge in [0.05, 0.1) is 18.8 Å². The van der Waals surface area contributed by atoms with Gasteiger partial charge in [0.1, 0.15) is 0 Å². The van der Waals surface area contributed by atoms with Gasteiger partial charge in [-0.25, -0.2) is 0 Å². The number of hydrogen-bond acceptors (Lipinski definition) is 3. The number of rotatable bonds is 2. The summed E-state index contributed by atoms with van der Waals surface area (Å²) in [6.07, 6.45) is 6.21. The second-order valence-corrected chi connectivity index (χ2v) is 6.96. The van der Waals surface area contributed by atoms with Crippen molar-refractivity contribution in [3.63, 3.8) is 0 Å². The minimum absolute atomic E-state index is 0.0921. The molecule has 3 aliphatic rings. The largest absolute Gasteiger partial charge is 0.374 e. The van der Waals surface area contributed by atoms with Crippen molar-refractivity contribution < 1.29 is 14.3 Å². The van der Waals surface area contributed by atoms with Crippen LogP contribution in [-0.2, 0) is 9.53 Å². The molecule has 1 aliphatic carbocycles. The number of nitrogens with zero attached hydrogens (tertiary/aromatic N) is 2. The molecule has 1 saturated carbocycles. The molecule has 0 N–H and O–H groups in total. The number of fused-ring (bicyclic) bond motifs is 1. The highest BCUT2D eigenvalue weighted by Gasteiger charge is 2.37. The molecule has 0 spiro atoms. The van der Waals surface area contributed by atoms with Crippen LogP contribution in [0.1, 0.15) is 48.9 Å². The number of amides is 2. The highest BCUT2D eigenvalue weighted by molar-refractivity contribution is 5.97.